The zero-order valence-corrected chi connectivity index (χ0v) is 7.21. The molecular weight excluding hydrogens is 192 g/mol. The molecule has 1 aliphatic carbocycles. The van der Waals surface area contributed by atoms with Crippen molar-refractivity contribution in [3.63, 3.8) is 0 Å². The molecule has 1 saturated carbocycles. The van der Waals surface area contributed by atoms with Crippen LogP contribution in [0.3, 0.4) is 0 Å². The molecule has 0 aromatic heterocycles. The summed E-state index contributed by atoms with van der Waals surface area (Å²) in [5.74, 6) is -7.27. The van der Waals surface area contributed by atoms with Crippen LogP contribution < -0.4 is 0 Å². The molecule has 0 aromatic rings. The molecular formula is C8H10O6. The molecule has 78 valence electrons. The third-order valence-electron chi connectivity index (χ3n) is 2.58. The Morgan fingerprint density at radius 1 is 0.786 bits per heavy atom. The molecule has 1 fully saturated rings. The van der Waals surface area contributed by atoms with E-state index >= 15 is 0 Å². The van der Waals surface area contributed by atoms with Gasteiger partial charge in [-0.1, -0.05) is 0 Å². The quantitative estimate of drug-likeness (QED) is 0.588. The van der Waals surface area contributed by atoms with Crippen molar-refractivity contribution in [3.8, 4) is 0 Å². The van der Waals surface area contributed by atoms with Gasteiger partial charge in [0.2, 0.25) is 0 Å². The maximum Gasteiger partial charge on any atom is 0.308 e. The van der Waals surface area contributed by atoms with Gasteiger partial charge in [0.15, 0.2) is 0 Å². The van der Waals surface area contributed by atoms with Gasteiger partial charge in [-0.15, -0.1) is 0 Å². The van der Waals surface area contributed by atoms with E-state index in [0.29, 0.717) is 0 Å². The van der Waals surface area contributed by atoms with E-state index in [1.165, 1.54) is 0 Å². The second-order valence-electron chi connectivity index (χ2n) is 3.33. The predicted octanol–water partition coefficient (Wildman–Crippen LogP) is -0.117. The Morgan fingerprint density at radius 2 is 1.14 bits per heavy atom. The Labute approximate surface area is 79.2 Å². The molecule has 0 spiro atoms. The first-order chi connectivity index (χ1) is 6.45. The van der Waals surface area contributed by atoms with Crippen molar-refractivity contribution in [1.82, 2.24) is 0 Å². The average Bonchev–Trinajstić information content (AvgIpc) is 2.46. The van der Waals surface area contributed by atoms with Gasteiger partial charge in [0.25, 0.3) is 0 Å². The van der Waals surface area contributed by atoms with Crippen LogP contribution in [0.2, 0.25) is 0 Å². The standard InChI is InChI=1S/C8H10O6/c9-6(10)3-1-2-4(7(11)12)5(3)8(13)14/h3-5H,1-2H2,(H,9,10)(H,11,12)(H,13,14). The highest BCUT2D eigenvalue weighted by atomic mass is 16.4. The highest BCUT2D eigenvalue weighted by Gasteiger charge is 2.48. The molecule has 1 aliphatic rings. The van der Waals surface area contributed by atoms with E-state index in [1.54, 1.807) is 0 Å². The topological polar surface area (TPSA) is 112 Å². The average molecular weight is 202 g/mol. The van der Waals surface area contributed by atoms with Gasteiger partial charge < -0.3 is 15.3 Å². The van der Waals surface area contributed by atoms with Crippen LogP contribution in [0.4, 0.5) is 0 Å². The maximum atomic E-state index is 10.7. The summed E-state index contributed by atoms with van der Waals surface area (Å²) in [6, 6.07) is 0. The van der Waals surface area contributed by atoms with Gasteiger partial charge in [-0.2, -0.15) is 0 Å². The molecule has 1 rings (SSSR count). The van der Waals surface area contributed by atoms with E-state index in [9.17, 15) is 14.4 Å². The minimum Gasteiger partial charge on any atom is -0.481 e. The third-order valence-corrected chi connectivity index (χ3v) is 2.58. The molecule has 3 N–H and O–H groups in total. The fourth-order valence-electron chi connectivity index (χ4n) is 1.90. The maximum absolute atomic E-state index is 10.7. The third kappa shape index (κ3) is 1.68. The van der Waals surface area contributed by atoms with E-state index < -0.39 is 35.7 Å². The highest BCUT2D eigenvalue weighted by Crippen LogP contribution is 2.37. The molecule has 14 heavy (non-hydrogen) atoms. The van der Waals surface area contributed by atoms with Crippen LogP contribution in [0.5, 0.6) is 0 Å². The second-order valence-corrected chi connectivity index (χ2v) is 3.33. The van der Waals surface area contributed by atoms with Crippen molar-refractivity contribution in [2.45, 2.75) is 12.8 Å². The van der Waals surface area contributed by atoms with Gasteiger partial charge >= 0.3 is 17.9 Å². The van der Waals surface area contributed by atoms with E-state index in [1.807, 2.05) is 0 Å². The first-order valence-corrected chi connectivity index (χ1v) is 4.13. The molecule has 6 heteroatoms. The molecule has 2 unspecified atom stereocenters. The van der Waals surface area contributed by atoms with E-state index in [4.69, 9.17) is 15.3 Å². The number of hydrogen-bond acceptors (Lipinski definition) is 3. The lowest BCUT2D eigenvalue weighted by Gasteiger charge is -2.14. The molecule has 0 amide bonds. The van der Waals surface area contributed by atoms with Crippen LogP contribution in [-0.2, 0) is 14.4 Å². The summed E-state index contributed by atoms with van der Waals surface area (Å²) in [6.07, 6.45) is 0.229. The summed E-state index contributed by atoms with van der Waals surface area (Å²) in [5, 5.41) is 26.1. The molecule has 0 saturated heterocycles. The minimum atomic E-state index is -1.35. The van der Waals surface area contributed by atoms with Gasteiger partial charge in [0.1, 0.15) is 0 Å². The Balaban J connectivity index is 2.90. The highest BCUT2D eigenvalue weighted by molar-refractivity contribution is 5.86. The molecule has 2 atom stereocenters. The number of rotatable bonds is 3. The normalized spacial score (nSPS) is 31.3. The first kappa shape index (κ1) is 10.5. The van der Waals surface area contributed by atoms with Crippen LogP contribution in [0.15, 0.2) is 0 Å². The number of hydrogen-bond donors (Lipinski definition) is 3. The van der Waals surface area contributed by atoms with Gasteiger partial charge in [-0.3, -0.25) is 14.4 Å². The van der Waals surface area contributed by atoms with E-state index in [2.05, 4.69) is 0 Å². The number of aliphatic carboxylic acids is 3. The lowest BCUT2D eigenvalue weighted by atomic mass is 9.89. The predicted molar refractivity (Wildman–Crippen MR) is 42.6 cm³/mol. The second kappa shape index (κ2) is 3.65. The summed E-state index contributed by atoms with van der Waals surface area (Å²) in [5.41, 5.74) is 0. The molecule has 0 aromatic carbocycles. The largest absolute Gasteiger partial charge is 0.481 e. The van der Waals surface area contributed by atoms with Crippen molar-refractivity contribution < 1.29 is 29.7 Å². The van der Waals surface area contributed by atoms with Crippen LogP contribution in [0, 0.1) is 17.8 Å². The van der Waals surface area contributed by atoms with E-state index in [0.717, 1.165) is 0 Å². The van der Waals surface area contributed by atoms with Gasteiger partial charge in [0, 0.05) is 0 Å². The first-order valence-electron chi connectivity index (χ1n) is 4.13. The lowest BCUT2D eigenvalue weighted by molar-refractivity contribution is -0.158. The van der Waals surface area contributed by atoms with Crippen molar-refractivity contribution in [2.24, 2.45) is 17.8 Å². The van der Waals surface area contributed by atoms with Crippen LogP contribution in [0.1, 0.15) is 12.8 Å². The Kier molecular flexibility index (Phi) is 2.73. The van der Waals surface area contributed by atoms with Crippen LogP contribution >= 0.6 is 0 Å². The van der Waals surface area contributed by atoms with Gasteiger partial charge in [0.05, 0.1) is 17.8 Å². The Morgan fingerprint density at radius 3 is 1.36 bits per heavy atom. The van der Waals surface area contributed by atoms with Crippen LogP contribution in [-0.4, -0.2) is 33.2 Å². The van der Waals surface area contributed by atoms with Gasteiger partial charge in [-0.05, 0) is 12.8 Å². The lowest BCUT2D eigenvalue weighted by Crippen LogP contribution is -2.32. The van der Waals surface area contributed by atoms with Gasteiger partial charge in [-0.25, -0.2) is 0 Å². The number of carboxylic acid groups (broad SMARTS) is 3. The molecule has 0 radical (unpaired) electrons. The summed E-state index contributed by atoms with van der Waals surface area (Å²) >= 11 is 0. The Hall–Kier alpha value is -1.59. The zero-order valence-electron chi connectivity index (χ0n) is 7.21. The summed E-state index contributed by atoms with van der Waals surface area (Å²) in [6.45, 7) is 0. The number of carboxylic acids is 3. The van der Waals surface area contributed by atoms with Crippen molar-refractivity contribution in [1.29, 1.82) is 0 Å². The molecule has 6 nitrogen and oxygen atoms in total. The molecule has 0 bridgehead atoms. The van der Waals surface area contributed by atoms with Crippen molar-refractivity contribution >= 4 is 17.9 Å². The fourth-order valence-corrected chi connectivity index (χ4v) is 1.90. The Bertz CT molecular complexity index is 262. The number of carbonyl (C=O) groups is 3. The summed E-state index contributed by atoms with van der Waals surface area (Å²) in [4.78, 5) is 32.0. The van der Waals surface area contributed by atoms with Crippen molar-refractivity contribution in [3.05, 3.63) is 0 Å². The van der Waals surface area contributed by atoms with E-state index in [-0.39, 0.29) is 12.8 Å². The summed E-state index contributed by atoms with van der Waals surface area (Å²) in [7, 11) is 0. The van der Waals surface area contributed by atoms with Crippen LogP contribution in [0.25, 0.3) is 0 Å². The molecule has 0 heterocycles. The smallest absolute Gasteiger partial charge is 0.308 e. The monoisotopic (exact) mass is 202 g/mol. The molecule has 0 aliphatic heterocycles. The fraction of sp³-hybridized carbons (Fsp3) is 0.625. The minimum absolute atomic E-state index is 0.114. The summed E-state index contributed by atoms with van der Waals surface area (Å²) < 4.78 is 0. The van der Waals surface area contributed by atoms with Crippen molar-refractivity contribution in [2.75, 3.05) is 0 Å². The zero-order chi connectivity index (χ0) is 10.9. The SMILES string of the molecule is O=C(O)C1CCC(C(=O)O)C1C(=O)O.